The summed E-state index contributed by atoms with van der Waals surface area (Å²) in [5.41, 5.74) is 1.63. The molecule has 1 aliphatic heterocycles. The molecule has 0 saturated heterocycles. The molecule has 1 aliphatic rings. The van der Waals surface area contributed by atoms with Crippen molar-refractivity contribution in [3.8, 4) is 17.2 Å². The minimum atomic E-state index is -1.82. The standard InChI is InChI=1S/C18H19F2NO3.C2H2O4/c1-11(13-3-4-14(19)15(20)9-13)21-10-12-7-16(22-2)18-17(8-12)23-5-6-24-18;3-1(4)2(5)6/h3-4,7-9,11,21H,5-6,10H2,1-2H3;(H,3,4)(H,5,6). The molecule has 1 atom stereocenters. The summed E-state index contributed by atoms with van der Waals surface area (Å²) in [5.74, 6) is -3.46. The molecule has 2 aromatic rings. The van der Waals surface area contributed by atoms with E-state index < -0.39 is 23.6 Å². The topological polar surface area (TPSA) is 114 Å². The van der Waals surface area contributed by atoms with Gasteiger partial charge in [0.05, 0.1) is 7.11 Å². The lowest BCUT2D eigenvalue weighted by molar-refractivity contribution is -0.159. The van der Waals surface area contributed by atoms with Gasteiger partial charge >= 0.3 is 11.9 Å². The molecule has 0 saturated carbocycles. The van der Waals surface area contributed by atoms with Gasteiger partial charge in [0.2, 0.25) is 5.75 Å². The van der Waals surface area contributed by atoms with Crippen LogP contribution in [-0.2, 0) is 16.1 Å². The second-order valence-corrected chi connectivity index (χ2v) is 6.21. The van der Waals surface area contributed by atoms with Gasteiger partial charge in [0.15, 0.2) is 23.1 Å². The first-order valence-corrected chi connectivity index (χ1v) is 8.84. The van der Waals surface area contributed by atoms with E-state index >= 15 is 0 Å². The van der Waals surface area contributed by atoms with E-state index in [1.165, 1.54) is 6.07 Å². The SMILES string of the molecule is COc1cc(CNC(C)c2ccc(F)c(F)c2)cc2c1OCCO2.O=C(O)C(=O)O. The molecule has 8 nitrogen and oxygen atoms in total. The fourth-order valence-corrected chi connectivity index (χ4v) is 2.60. The Balaban J connectivity index is 0.000000469. The number of halogens is 2. The molecular formula is C20H21F2NO7. The Morgan fingerprint density at radius 3 is 2.37 bits per heavy atom. The van der Waals surface area contributed by atoms with Crippen LogP contribution in [0.3, 0.4) is 0 Å². The van der Waals surface area contributed by atoms with E-state index in [0.717, 1.165) is 11.6 Å². The highest BCUT2D eigenvalue weighted by molar-refractivity contribution is 6.27. The van der Waals surface area contributed by atoms with Crippen LogP contribution < -0.4 is 19.5 Å². The maximum absolute atomic E-state index is 13.3. The zero-order chi connectivity index (χ0) is 22.3. The van der Waals surface area contributed by atoms with Crippen LogP contribution in [0.4, 0.5) is 8.78 Å². The van der Waals surface area contributed by atoms with Crippen LogP contribution in [0.2, 0.25) is 0 Å². The second-order valence-electron chi connectivity index (χ2n) is 6.21. The third kappa shape index (κ3) is 6.05. The lowest BCUT2D eigenvalue weighted by Crippen LogP contribution is -2.20. The fraction of sp³-hybridized carbons (Fsp3) is 0.300. The molecule has 0 aromatic heterocycles. The van der Waals surface area contributed by atoms with Gasteiger partial charge in [0.25, 0.3) is 0 Å². The molecule has 30 heavy (non-hydrogen) atoms. The number of carboxylic acid groups (broad SMARTS) is 2. The van der Waals surface area contributed by atoms with Gasteiger partial charge in [-0.05, 0) is 42.3 Å². The predicted molar refractivity (Wildman–Crippen MR) is 101 cm³/mol. The zero-order valence-corrected chi connectivity index (χ0v) is 16.3. The molecule has 10 heteroatoms. The summed E-state index contributed by atoms with van der Waals surface area (Å²) in [6.07, 6.45) is 0. The van der Waals surface area contributed by atoms with Crippen molar-refractivity contribution in [2.24, 2.45) is 0 Å². The molecule has 1 heterocycles. The van der Waals surface area contributed by atoms with Crippen LogP contribution in [0, 0.1) is 11.6 Å². The fourth-order valence-electron chi connectivity index (χ4n) is 2.60. The summed E-state index contributed by atoms with van der Waals surface area (Å²) in [5, 5.41) is 18.1. The van der Waals surface area contributed by atoms with Crippen molar-refractivity contribution < 1.29 is 42.8 Å². The first-order valence-electron chi connectivity index (χ1n) is 8.84. The maximum Gasteiger partial charge on any atom is 0.414 e. The quantitative estimate of drug-likeness (QED) is 0.627. The Morgan fingerprint density at radius 1 is 1.10 bits per heavy atom. The van der Waals surface area contributed by atoms with E-state index in [9.17, 15) is 8.78 Å². The Hall–Kier alpha value is -3.40. The van der Waals surface area contributed by atoms with Gasteiger partial charge in [-0.3, -0.25) is 0 Å². The number of methoxy groups -OCH3 is 1. The molecule has 3 N–H and O–H groups in total. The minimum Gasteiger partial charge on any atom is -0.493 e. The molecule has 3 rings (SSSR count). The van der Waals surface area contributed by atoms with Gasteiger partial charge in [-0.1, -0.05) is 6.07 Å². The van der Waals surface area contributed by atoms with Crippen LogP contribution >= 0.6 is 0 Å². The van der Waals surface area contributed by atoms with Crippen molar-refractivity contribution in [1.29, 1.82) is 0 Å². The van der Waals surface area contributed by atoms with E-state index in [1.54, 1.807) is 13.2 Å². The van der Waals surface area contributed by atoms with Crippen LogP contribution in [0.25, 0.3) is 0 Å². The highest BCUT2D eigenvalue weighted by Crippen LogP contribution is 2.40. The van der Waals surface area contributed by atoms with Gasteiger partial charge in [-0.15, -0.1) is 0 Å². The predicted octanol–water partition coefficient (Wildman–Crippen LogP) is 2.75. The summed E-state index contributed by atoms with van der Waals surface area (Å²) >= 11 is 0. The molecule has 1 unspecified atom stereocenters. The van der Waals surface area contributed by atoms with Gasteiger partial charge in [-0.2, -0.15) is 0 Å². The summed E-state index contributed by atoms with van der Waals surface area (Å²) in [6, 6.07) is 7.54. The van der Waals surface area contributed by atoms with Crippen molar-refractivity contribution in [2.45, 2.75) is 19.5 Å². The van der Waals surface area contributed by atoms with Crippen molar-refractivity contribution in [3.63, 3.8) is 0 Å². The summed E-state index contributed by atoms with van der Waals surface area (Å²) in [6.45, 7) is 3.40. The van der Waals surface area contributed by atoms with Crippen LogP contribution in [-0.4, -0.2) is 42.5 Å². The molecule has 0 fully saturated rings. The smallest absolute Gasteiger partial charge is 0.414 e. The average Bonchev–Trinajstić information content (AvgIpc) is 2.73. The van der Waals surface area contributed by atoms with Gasteiger partial charge in [0, 0.05) is 12.6 Å². The van der Waals surface area contributed by atoms with E-state index in [4.69, 9.17) is 34.0 Å². The van der Waals surface area contributed by atoms with Gasteiger partial charge in [-0.25, -0.2) is 18.4 Å². The minimum absolute atomic E-state index is 0.140. The summed E-state index contributed by atoms with van der Waals surface area (Å²) in [7, 11) is 1.58. The van der Waals surface area contributed by atoms with Crippen LogP contribution in [0.15, 0.2) is 30.3 Å². The average molecular weight is 425 g/mol. The molecule has 0 radical (unpaired) electrons. The van der Waals surface area contributed by atoms with Crippen molar-refractivity contribution in [3.05, 3.63) is 53.1 Å². The van der Waals surface area contributed by atoms with Gasteiger partial charge < -0.3 is 29.7 Å². The number of ether oxygens (including phenoxy) is 3. The Bertz CT molecular complexity index is 891. The zero-order valence-electron chi connectivity index (χ0n) is 16.3. The maximum atomic E-state index is 13.3. The van der Waals surface area contributed by atoms with Crippen LogP contribution in [0.5, 0.6) is 17.2 Å². The number of rotatable bonds is 5. The number of hydrogen-bond acceptors (Lipinski definition) is 6. The van der Waals surface area contributed by atoms with Crippen LogP contribution in [0.1, 0.15) is 24.1 Å². The number of hydrogen-bond donors (Lipinski definition) is 3. The van der Waals surface area contributed by atoms with Crippen molar-refractivity contribution >= 4 is 11.9 Å². The largest absolute Gasteiger partial charge is 0.493 e. The number of carboxylic acids is 2. The second kappa shape index (κ2) is 10.4. The first-order chi connectivity index (χ1) is 14.2. The van der Waals surface area contributed by atoms with E-state index in [2.05, 4.69) is 5.32 Å². The Kier molecular flexibility index (Phi) is 7.93. The number of aliphatic carboxylic acids is 2. The molecule has 0 amide bonds. The highest BCUT2D eigenvalue weighted by atomic mass is 19.2. The third-order valence-corrected chi connectivity index (χ3v) is 4.13. The molecule has 0 bridgehead atoms. The molecule has 0 aliphatic carbocycles. The molecule has 0 spiro atoms. The normalized spacial score (nSPS) is 12.9. The van der Waals surface area contributed by atoms with Gasteiger partial charge in [0.1, 0.15) is 13.2 Å². The number of fused-ring (bicyclic) bond motifs is 1. The Labute approximate surface area is 171 Å². The molecular weight excluding hydrogens is 404 g/mol. The molecule has 162 valence electrons. The number of benzene rings is 2. The number of carbonyl (C=O) groups is 2. The van der Waals surface area contributed by atoms with Crippen molar-refractivity contribution in [1.82, 2.24) is 5.32 Å². The Morgan fingerprint density at radius 2 is 1.77 bits per heavy atom. The number of nitrogens with one attached hydrogen (secondary N) is 1. The molecule has 2 aromatic carbocycles. The summed E-state index contributed by atoms with van der Waals surface area (Å²) < 4.78 is 42.9. The monoisotopic (exact) mass is 425 g/mol. The summed E-state index contributed by atoms with van der Waals surface area (Å²) in [4.78, 5) is 18.2. The van der Waals surface area contributed by atoms with E-state index in [-0.39, 0.29) is 6.04 Å². The highest BCUT2D eigenvalue weighted by Gasteiger charge is 2.18. The van der Waals surface area contributed by atoms with Crippen molar-refractivity contribution in [2.75, 3.05) is 20.3 Å². The lowest BCUT2D eigenvalue weighted by Gasteiger charge is -2.22. The van der Waals surface area contributed by atoms with E-state index in [0.29, 0.717) is 42.6 Å². The lowest BCUT2D eigenvalue weighted by atomic mass is 10.1. The first kappa shape index (κ1) is 22.9. The van der Waals surface area contributed by atoms with E-state index in [1.807, 2.05) is 19.1 Å². The third-order valence-electron chi connectivity index (χ3n) is 4.13.